The molecule has 122 valence electrons. The fourth-order valence-electron chi connectivity index (χ4n) is 2.22. The van der Waals surface area contributed by atoms with Crippen molar-refractivity contribution in [1.29, 1.82) is 0 Å². The lowest BCUT2D eigenvalue weighted by Crippen LogP contribution is -2.23. The van der Waals surface area contributed by atoms with Crippen LogP contribution in [-0.2, 0) is 12.3 Å². The monoisotopic (exact) mass is 341 g/mol. The minimum atomic E-state index is -0.341. The Labute approximate surface area is 143 Å². The molecule has 0 spiro atoms. The Hall–Kier alpha value is -2.53. The van der Waals surface area contributed by atoms with Crippen molar-refractivity contribution in [2.75, 3.05) is 0 Å². The first-order valence-corrected chi connectivity index (χ1v) is 8.48. The molecule has 1 N–H and O–H groups in total. The highest BCUT2D eigenvalue weighted by atomic mass is 32.2. The van der Waals surface area contributed by atoms with Gasteiger partial charge < -0.3 is 9.73 Å². The standard InChI is InChI=1S/C19H16FNO2S/c20-17-9-5-4-6-14(17)12-21-19(22)18-15(10-11-23-18)13-24-16-7-2-1-3-8-16/h1-11H,12-13H2,(H,21,22). The van der Waals surface area contributed by atoms with Gasteiger partial charge in [0.1, 0.15) is 5.82 Å². The lowest BCUT2D eigenvalue weighted by molar-refractivity contribution is 0.0922. The molecule has 0 aliphatic carbocycles. The van der Waals surface area contributed by atoms with Gasteiger partial charge in [0.15, 0.2) is 5.76 Å². The fraction of sp³-hybridized carbons (Fsp3) is 0.105. The van der Waals surface area contributed by atoms with Crippen LogP contribution in [0.5, 0.6) is 0 Å². The van der Waals surface area contributed by atoms with Crippen molar-refractivity contribution >= 4 is 17.7 Å². The molecule has 2 aromatic carbocycles. The van der Waals surface area contributed by atoms with Gasteiger partial charge in [0.2, 0.25) is 0 Å². The lowest BCUT2D eigenvalue weighted by atomic mass is 10.2. The zero-order chi connectivity index (χ0) is 16.8. The Morgan fingerprint density at radius 1 is 1.00 bits per heavy atom. The van der Waals surface area contributed by atoms with Crippen molar-refractivity contribution in [2.45, 2.75) is 17.2 Å². The van der Waals surface area contributed by atoms with Crippen LogP contribution in [0.25, 0.3) is 0 Å². The highest BCUT2D eigenvalue weighted by Crippen LogP contribution is 2.24. The van der Waals surface area contributed by atoms with Gasteiger partial charge in [-0.25, -0.2) is 4.39 Å². The van der Waals surface area contributed by atoms with Crippen molar-refractivity contribution in [3.05, 3.63) is 89.6 Å². The second kappa shape index (κ2) is 7.84. The van der Waals surface area contributed by atoms with Crippen molar-refractivity contribution in [3.63, 3.8) is 0 Å². The van der Waals surface area contributed by atoms with Gasteiger partial charge in [-0.05, 0) is 24.3 Å². The molecule has 1 heterocycles. The summed E-state index contributed by atoms with van der Waals surface area (Å²) < 4.78 is 18.9. The number of amides is 1. The maximum atomic E-state index is 13.6. The van der Waals surface area contributed by atoms with E-state index in [1.54, 1.807) is 36.0 Å². The van der Waals surface area contributed by atoms with Crippen LogP contribution in [0.3, 0.4) is 0 Å². The van der Waals surface area contributed by atoms with Gasteiger partial charge >= 0.3 is 0 Å². The van der Waals surface area contributed by atoms with Crippen molar-refractivity contribution in [2.24, 2.45) is 0 Å². The zero-order valence-electron chi connectivity index (χ0n) is 12.9. The Bertz CT molecular complexity index is 817. The van der Waals surface area contributed by atoms with Crippen LogP contribution in [0.15, 0.2) is 76.2 Å². The predicted octanol–water partition coefficient (Wildman–Crippen LogP) is 4.64. The summed E-state index contributed by atoms with van der Waals surface area (Å²) in [5, 5.41) is 2.70. The zero-order valence-corrected chi connectivity index (χ0v) is 13.7. The minimum Gasteiger partial charge on any atom is -0.459 e. The van der Waals surface area contributed by atoms with Crippen LogP contribution in [-0.4, -0.2) is 5.91 Å². The minimum absolute atomic E-state index is 0.122. The number of hydrogen-bond donors (Lipinski definition) is 1. The van der Waals surface area contributed by atoms with Gasteiger partial charge in [-0.3, -0.25) is 4.79 Å². The molecule has 3 rings (SSSR count). The second-order valence-corrected chi connectivity index (χ2v) is 6.20. The van der Waals surface area contributed by atoms with Crippen molar-refractivity contribution < 1.29 is 13.6 Å². The molecule has 1 amide bonds. The highest BCUT2D eigenvalue weighted by molar-refractivity contribution is 7.98. The number of hydrogen-bond acceptors (Lipinski definition) is 3. The van der Waals surface area contributed by atoms with E-state index in [4.69, 9.17) is 4.42 Å². The van der Waals surface area contributed by atoms with Crippen LogP contribution in [0, 0.1) is 5.82 Å². The number of carbonyl (C=O) groups excluding carboxylic acids is 1. The molecule has 0 fully saturated rings. The largest absolute Gasteiger partial charge is 0.459 e. The van der Waals surface area contributed by atoms with Crippen LogP contribution in [0.2, 0.25) is 0 Å². The van der Waals surface area contributed by atoms with E-state index >= 15 is 0 Å². The van der Waals surface area contributed by atoms with Crippen LogP contribution in [0.1, 0.15) is 21.7 Å². The predicted molar refractivity (Wildman–Crippen MR) is 92.3 cm³/mol. The molecule has 3 nitrogen and oxygen atoms in total. The van der Waals surface area contributed by atoms with Gasteiger partial charge in [-0.2, -0.15) is 0 Å². The summed E-state index contributed by atoms with van der Waals surface area (Å²) in [6.07, 6.45) is 1.50. The number of nitrogens with one attached hydrogen (secondary N) is 1. The molecule has 0 aliphatic heterocycles. The molecule has 3 aromatic rings. The van der Waals surface area contributed by atoms with E-state index in [1.165, 1.54) is 12.3 Å². The first-order valence-electron chi connectivity index (χ1n) is 7.50. The summed E-state index contributed by atoms with van der Waals surface area (Å²) in [4.78, 5) is 13.4. The Morgan fingerprint density at radius 2 is 1.75 bits per heavy atom. The topological polar surface area (TPSA) is 42.2 Å². The van der Waals surface area contributed by atoms with Gasteiger partial charge in [-0.1, -0.05) is 36.4 Å². The fourth-order valence-corrected chi connectivity index (χ4v) is 3.12. The Kier molecular flexibility index (Phi) is 5.33. The molecule has 0 unspecified atom stereocenters. The van der Waals surface area contributed by atoms with Crippen LogP contribution >= 0.6 is 11.8 Å². The SMILES string of the molecule is O=C(NCc1ccccc1F)c1occc1CSc1ccccc1. The summed E-state index contributed by atoms with van der Waals surface area (Å²) in [6, 6.07) is 18.1. The van der Waals surface area contributed by atoms with E-state index in [0.717, 1.165) is 10.5 Å². The molecule has 0 bridgehead atoms. The maximum Gasteiger partial charge on any atom is 0.287 e. The Balaban J connectivity index is 1.62. The van der Waals surface area contributed by atoms with E-state index < -0.39 is 0 Å². The normalized spacial score (nSPS) is 10.5. The number of furan rings is 1. The maximum absolute atomic E-state index is 13.6. The summed E-state index contributed by atoms with van der Waals surface area (Å²) >= 11 is 1.63. The van der Waals surface area contributed by atoms with Crippen LogP contribution < -0.4 is 5.32 Å². The molecular formula is C19H16FNO2S. The van der Waals surface area contributed by atoms with E-state index in [-0.39, 0.29) is 24.0 Å². The summed E-state index contributed by atoms with van der Waals surface area (Å²) in [5.74, 6) is 0.224. The first-order chi connectivity index (χ1) is 11.7. The van der Waals surface area contributed by atoms with Gasteiger partial charge in [-0.15, -0.1) is 11.8 Å². The molecule has 0 saturated carbocycles. The van der Waals surface area contributed by atoms with E-state index in [0.29, 0.717) is 11.3 Å². The summed E-state index contributed by atoms with van der Waals surface area (Å²) in [7, 11) is 0. The lowest BCUT2D eigenvalue weighted by Gasteiger charge is -2.06. The third-order valence-electron chi connectivity index (χ3n) is 3.49. The average molecular weight is 341 g/mol. The first kappa shape index (κ1) is 16.3. The number of rotatable bonds is 6. The molecule has 5 heteroatoms. The average Bonchev–Trinajstić information content (AvgIpc) is 3.08. The number of halogens is 1. The van der Waals surface area contributed by atoms with Gasteiger partial charge in [0, 0.05) is 28.3 Å². The van der Waals surface area contributed by atoms with Crippen LogP contribution in [0.4, 0.5) is 4.39 Å². The van der Waals surface area contributed by atoms with E-state index in [2.05, 4.69) is 5.32 Å². The molecule has 0 radical (unpaired) electrons. The molecule has 0 saturated heterocycles. The van der Waals surface area contributed by atoms with Gasteiger partial charge in [0.25, 0.3) is 5.91 Å². The number of benzene rings is 2. The molecule has 0 aliphatic rings. The summed E-state index contributed by atoms with van der Waals surface area (Å²) in [6.45, 7) is 0.122. The van der Waals surface area contributed by atoms with Gasteiger partial charge in [0.05, 0.1) is 6.26 Å². The third kappa shape index (κ3) is 4.06. The smallest absolute Gasteiger partial charge is 0.287 e. The number of thioether (sulfide) groups is 1. The van der Waals surface area contributed by atoms with E-state index in [1.807, 2.05) is 30.3 Å². The Morgan fingerprint density at radius 3 is 2.54 bits per heavy atom. The molecule has 0 atom stereocenters. The van der Waals surface area contributed by atoms with E-state index in [9.17, 15) is 9.18 Å². The molecule has 24 heavy (non-hydrogen) atoms. The summed E-state index contributed by atoms with van der Waals surface area (Å²) in [5.41, 5.74) is 1.26. The molecular weight excluding hydrogens is 325 g/mol. The highest BCUT2D eigenvalue weighted by Gasteiger charge is 2.15. The molecule has 1 aromatic heterocycles. The van der Waals surface area contributed by atoms with Crippen molar-refractivity contribution in [3.8, 4) is 0 Å². The van der Waals surface area contributed by atoms with Crippen molar-refractivity contribution in [1.82, 2.24) is 5.32 Å². The third-order valence-corrected chi connectivity index (χ3v) is 4.55. The number of carbonyl (C=O) groups is 1. The quantitative estimate of drug-likeness (QED) is 0.664. The second-order valence-electron chi connectivity index (χ2n) is 5.15.